The number of rotatable bonds is 8. The van der Waals surface area contributed by atoms with Crippen LogP contribution in [0.3, 0.4) is 0 Å². The third kappa shape index (κ3) is 5.71. The number of para-hydroxylation sites is 1. The van der Waals surface area contributed by atoms with Gasteiger partial charge >= 0.3 is 5.97 Å². The number of unbranched alkanes of at least 4 members (excludes halogenated alkanes) is 1. The van der Waals surface area contributed by atoms with E-state index in [2.05, 4.69) is 6.92 Å². The number of carbonyl (C=O) groups is 1. The Balaban J connectivity index is 2.12. The van der Waals surface area contributed by atoms with Gasteiger partial charge in [0.15, 0.2) is 0 Å². The summed E-state index contributed by atoms with van der Waals surface area (Å²) in [5, 5.41) is 0. The van der Waals surface area contributed by atoms with E-state index >= 15 is 0 Å². The summed E-state index contributed by atoms with van der Waals surface area (Å²) in [7, 11) is 0. The van der Waals surface area contributed by atoms with Gasteiger partial charge in [-0.05, 0) is 31.4 Å². The van der Waals surface area contributed by atoms with Crippen LogP contribution in [0, 0.1) is 6.92 Å². The quantitative estimate of drug-likeness (QED) is 0.523. The van der Waals surface area contributed by atoms with E-state index in [1.807, 2.05) is 31.2 Å². The molecule has 0 saturated carbocycles. The molecule has 1 aromatic carbocycles. The Hall–Kier alpha value is -1.51. The first-order chi connectivity index (χ1) is 8.74. The van der Waals surface area contributed by atoms with Crippen molar-refractivity contribution in [3.63, 3.8) is 0 Å². The van der Waals surface area contributed by atoms with Crippen LogP contribution < -0.4 is 4.74 Å². The molecule has 3 nitrogen and oxygen atoms in total. The molecule has 0 radical (unpaired) electrons. The van der Waals surface area contributed by atoms with Crippen LogP contribution >= 0.6 is 0 Å². The Morgan fingerprint density at radius 3 is 2.67 bits per heavy atom. The van der Waals surface area contributed by atoms with Crippen molar-refractivity contribution in [1.82, 2.24) is 0 Å². The fourth-order valence-corrected chi connectivity index (χ4v) is 1.52. The molecule has 0 bridgehead atoms. The second-order valence-corrected chi connectivity index (χ2v) is 4.29. The molecule has 0 fully saturated rings. The van der Waals surface area contributed by atoms with E-state index in [4.69, 9.17) is 9.47 Å². The van der Waals surface area contributed by atoms with Gasteiger partial charge in [-0.25, -0.2) is 0 Å². The summed E-state index contributed by atoms with van der Waals surface area (Å²) < 4.78 is 10.7. The molecule has 3 heteroatoms. The van der Waals surface area contributed by atoms with Crippen molar-refractivity contribution in [3.05, 3.63) is 29.8 Å². The lowest BCUT2D eigenvalue weighted by molar-refractivity contribution is -0.144. The van der Waals surface area contributed by atoms with E-state index in [0.29, 0.717) is 26.1 Å². The van der Waals surface area contributed by atoms with Crippen molar-refractivity contribution < 1.29 is 14.3 Å². The summed E-state index contributed by atoms with van der Waals surface area (Å²) in [5.41, 5.74) is 1.11. The van der Waals surface area contributed by atoms with Gasteiger partial charge in [-0.15, -0.1) is 0 Å². The molecule has 1 aromatic rings. The van der Waals surface area contributed by atoms with Crippen LogP contribution in [0.4, 0.5) is 0 Å². The predicted molar refractivity (Wildman–Crippen MR) is 71.8 cm³/mol. The van der Waals surface area contributed by atoms with E-state index in [9.17, 15) is 4.79 Å². The van der Waals surface area contributed by atoms with Gasteiger partial charge in [-0.1, -0.05) is 31.5 Å². The third-order valence-electron chi connectivity index (χ3n) is 2.64. The first-order valence-corrected chi connectivity index (χ1v) is 6.58. The van der Waals surface area contributed by atoms with E-state index in [1.165, 1.54) is 0 Å². The fourth-order valence-electron chi connectivity index (χ4n) is 1.52. The predicted octanol–water partition coefficient (Wildman–Crippen LogP) is 3.50. The summed E-state index contributed by atoms with van der Waals surface area (Å²) in [4.78, 5) is 11.3. The lowest BCUT2D eigenvalue weighted by atomic mass is 10.2. The van der Waals surface area contributed by atoms with Gasteiger partial charge < -0.3 is 9.47 Å². The number of benzene rings is 1. The number of aryl methyl sites for hydroxylation is 1. The second kappa shape index (κ2) is 8.56. The summed E-state index contributed by atoms with van der Waals surface area (Å²) in [6, 6.07) is 7.87. The molecule has 0 heterocycles. The molecule has 0 amide bonds. The van der Waals surface area contributed by atoms with Crippen LogP contribution in [0.25, 0.3) is 0 Å². The van der Waals surface area contributed by atoms with Crippen molar-refractivity contribution in [3.8, 4) is 5.75 Å². The maximum atomic E-state index is 11.3. The minimum Gasteiger partial charge on any atom is -0.493 e. The molecule has 18 heavy (non-hydrogen) atoms. The Morgan fingerprint density at radius 2 is 1.94 bits per heavy atom. The molecule has 0 aromatic heterocycles. The van der Waals surface area contributed by atoms with Crippen molar-refractivity contribution in [2.24, 2.45) is 0 Å². The Kier molecular flexibility index (Phi) is 6.92. The first kappa shape index (κ1) is 14.6. The molecule has 0 aliphatic heterocycles. The van der Waals surface area contributed by atoms with Crippen molar-refractivity contribution >= 4 is 5.97 Å². The molecule has 0 atom stereocenters. The molecule has 0 aliphatic carbocycles. The summed E-state index contributed by atoms with van der Waals surface area (Å²) in [6.45, 7) is 5.17. The zero-order valence-electron chi connectivity index (χ0n) is 11.3. The van der Waals surface area contributed by atoms with Crippen LogP contribution in [0.1, 0.15) is 38.2 Å². The van der Waals surface area contributed by atoms with Gasteiger partial charge in [0.25, 0.3) is 0 Å². The van der Waals surface area contributed by atoms with Gasteiger partial charge in [-0.3, -0.25) is 4.79 Å². The first-order valence-electron chi connectivity index (χ1n) is 6.58. The highest BCUT2D eigenvalue weighted by Crippen LogP contribution is 2.16. The van der Waals surface area contributed by atoms with Crippen LogP contribution in [0.15, 0.2) is 24.3 Å². The normalized spacial score (nSPS) is 10.1. The maximum absolute atomic E-state index is 11.3. The van der Waals surface area contributed by atoms with Gasteiger partial charge in [0.1, 0.15) is 5.75 Å². The van der Waals surface area contributed by atoms with E-state index < -0.39 is 0 Å². The monoisotopic (exact) mass is 250 g/mol. The lowest BCUT2D eigenvalue weighted by Crippen LogP contribution is -2.08. The van der Waals surface area contributed by atoms with Crippen LogP contribution in [-0.2, 0) is 9.53 Å². The fraction of sp³-hybridized carbons (Fsp3) is 0.533. The van der Waals surface area contributed by atoms with Crippen molar-refractivity contribution in [2.75, 3.05) is 13.2 Å². The van der Waals surface area contributed by atoms with E-state index in [0.717, 1.165) is 24.2 Å². The highest BCUT2D eigenvalue weighted by Gasteiger charge is 2.03. The molecular formula is C15H22O3. The summed E-state index contributed by atoms with van der Waals surface area (Å²) in [5.74, 6) is 0.758. The topological polar surface area (TPSA) is 35.5 Å². The molecule has 0 N–H and O–H groups in total. The number of carbonyl (C=O) groups excluding carboxylic acids is 1. The van der Waals surface area contributed by atoms with E-state index in [1.54, 1.807) is 0 Å². The second-order valence-electron chi connectivity index (χ2n) is 4.29. The average Bonchev–Trinajstić information content (AvgIpc) is 2.37. The number of ether oxygens (including phenoxy) is 2. The third-order valence-corrected chi connectivity index (χ3v) is 2.64. The molecule has 0 saturated heterocycles. The largest absolute Gasteiger partial charge is 0.493 e. The molecule has 1 rings (SSSR count). The minimum atomic E-state index is -0.128. The minimum absolute atomic E-state index is 0.128. The summed E-state index contributed by atoms with van der Waals surface area (Å²) >= 11 is 0. The van der Waals surface area contributed by atoms with Crippen LogP contribution in [0.2, 0.25) is 0 Å². The van der Waals surface area contributed by atoms with Gasteiger partial charge in [0, 0.05) is 6.42 Å². The standard InChI is InChI=1S/C15H22O3/c1-3-4-11-18-15(16)10-7-12-17-14-9-6-5-8-13(14)2/h5-6,8-9H,3-4,7,10-12H2,1-2H3. The maximum Gasteiger partial charge on any atom is 0.305 e. The highest BCUT2D eigenvalue weighted by molar-refractivity contribution is 5.69. The van der Waals surface area contributed by atoms with Crippen molar-refractivity contribution in [1.29, 1.82) is 0 Å². The van der Waals surface area contributed by atoms with E-state index in [-0.39, 0.29) is 5.97 Å². The van der Waals surface area contributed by atoms with Crippen LogP contribution in [0.5, 0.6) is 5.75 Å². The number of hydrogen-bond donors (Lipinski definition) is 0. The van der Waals surface area contributed by atoms with Crippen molar-refractivity contribution in [2.45, 2.75) is 39.5 Å². The Morgan fingerprint density at radius 1 is 1.17 bits per heavy atom. The molecule has 0 unspecified atom stereocenters. The molecule has 100 valence electrons. The zero-order chi connectivity index (χ0) is 13.2. The molecule has 0 aliphatic rings. The highest BCUT2D eigenvalue weighted by atomic mass is 16.5. The lowest BCUT2D eigenvalue weighted by Gasteiger charge is -2.08. The van der Waals surface area contributed by atoms with Crippen LogP contribution in [-0.4, -0.2) is 19.2 Å². The van der Waals surface area contributed by atoms with Gasteiger partial charge in [0.05, 0.1) is 13.2 Å². The zero-order valence-corrected chi connectivity index (χ0v) is 11.3. The van der Waals surface area contributed by atoms with Gasteiger partial charge in [-0.2, -0.15) is 0 Å². The molecule has 0 spiro atoms. The number of esters is 1. The smallest absolute Gasteiger partial charge is 0.305 e. The number of hydrogen-bond acceptors (Lipinski definition) is 3. The SMILES string of the molecule is CCCCOC(=O)CCCOc1ccccc1C. The molecular weight excluding hydrogens is 228 g/mol. The summed E-state index contributed by atoms with van der Waals surface area (Å²) in [6.07, 6.45) is 3.10. The van der Waals surface area contributed by atoms with Gasteiger partial charge in [0.2, 0.25) is 0 Å². The average molecular weight is 250 g/mol. The Bertz CT molecular complexity index is 361. The Labute approximate surface area is 109 Å².